The molecule has 1 N–H and O–H groups in total. The van der Waals surface area contributed by atoms with Gasteiger partial charge in [0.25, 0.3) is 0 Å². The van der Waals surface area contributed by atoms with Gasteiger partial charge < -0.3 is 9.51 Å². The van der Waals surface area contributed by atoms with Gasteiger partial charge in [-0.2, -0.15) is 0 Å². The van der Waals surface area contributed by atoms with Crippen molar-refractivity contribution in [2.24, 2.45) is 0 Å². The summed E-state index contributed by atoms with van der Waals surface area (Å²) < 4.78 is 1.60. The lowest BCUT2D eigenvalue weighted by atomic mass is 10.3. The van der Waals surface area contributed by atoms with Crippen LogP contribution in [0, 0.1) is 6.92 Å². The Balaban J connectivity index is 0.000000606. The van der Waals surface area contributed by atoms with E-state index in [4.69, 9.17) is 16.7 Å². The van der Waals surface area contributed by atoms with E-state index in [0.29, 0.717) is 10.7 Å². The van der Waals surface area contributed by atoms with Gasteiger partial charge in [-0.15, -0.1) is 0 Å². The molecule has 0 fully saturated rings. The third-order valence-corrected chi connectivity index (χ3v) is 2.45. The fraction of sp³-hybridized carbons (Fsp3) is 0.273. The van der Waals surface area contributed by atoms with Crippen LogP contribution in [0.15, 0.2) is 18.5 Å². The second kappa shape index (κ2) is 4.99. The largest absolute Gasteiger partial charge is 0.476 e. The number of hydrogen-bond donors (Lipinski definition) is 1. The van der Waals surface area contributed by atoms with Crippen LogP contribution in [-0.4, -0.2) is 20.5 Å². The van der Waals surface area contributed by atoms with Crippen molar-refractivity contribution in [3.8, 4) is 0 Å². The van der Waals surface area contributed by atoms with Crippen LogP contribution in [0.5, 0.6) is 0 Å². The van der Waals surface area contributed by atoms with Crippen molar-refractivity contribution in [1.82, 2.24) is 9.38 Å². The molecule has 0 aliphatic heterocycles. The van der Waals surface area contributed by atoms with Crippen molar-refractivity contribution < 1.29 is 9.90 Å². The Hall–Kier alpha value is -1.55. The molecule has 0 spiro atoms. The number of imidazole rings is 1. The molecule has 2 aromatic rings. The molecule has 86 valence electrons. The second-order valence-corrected chi connectivity index (χ2v) is 3.35. The van der Waals surface area contributed by atoms with E-state index in [1.54, 1.807) is 10.6 Å². The summed E-state index contributed by atoms with van der Waals surface area (Å²) in [6.07, 6.45) is 3.17. The molecular weight excluding hydrogens is 228 g/mol. The van der Waals surface area contributed by atoms with E-state index in [-0.39, 0.29) is 5.69 Å². The van der Waals surface area contributed by atoms with Crippen LogP contribution < -0.4 is 0 Å². The van der Waals surface area contributed by atoms with Gasteiger partial charge in [-0.25, -0.2) is 9.78 Å². The fourth-order valence-corrected chi connectivity index (χ4v) is 1.42. The zero-order valence-electron chi connectivity index (χ0n) is 9.36. The molecule has 0 aromatic carbocycles. The van der Waals surface area contributed by atoms with E-state index in [1.165, 1.54) is 6.20 Å². The number of rotatable bonds is 1. The van der Waals surface area contributed by atoms with Crippen LogP contribution in [0.3, 0.4) is 0 Å². The van der Waals surface area contributed by atoms with E-state index in [0.717, 1.165) is 5.56 Å². The first kappa shape index (κ1) is 12.5. The van der Waals surface area contributed by atoms with Crippen LogP contribution in [0.4, 0.5) is 0 Å². The van der Waals surface area contributed by atoms with Crippen molar-refractivity contribution in [2.75, 3.05) is 0 Å². The molecule has 0 bridgehead atoms. The number of pyridine rings is 1. The van der Waals surface area contributed by atoms with Gasteiger partial charge in [0.1, 0.15) is 0 Å². The number of carboxylic acids is 1. The highest BCUT2D eigenvalue weighted by Gasteiger charge is 2.11. The Labute approximate surface area is 98.5 Å². The van der Waals surface area contributed by atoms with Crippen LogP contribution in [0.1, 0.15) is 29.9 Å². The first-order valence-corrected chi connectivity index (χ1v) is 5.34. The summed E-state index contributed by atoms with van der Waals surface area (Å²) in [7, 11) is 0. The van der Waals surface area contributed by atoms with E-state index in [2.05, 4.69) is 4.98 Å². The minimum Gasteiger partial charge on any atom is -0.476 e. The summed E-state index contributed by atoms with van der Waals surface area (Å²) >= 11 is 5.97. The first-order valence-electron chi connectivity index (χ1n) is 4.96. The lowest BCUT2D eigenvalue weighted by molar-refractivity contribution is 0.0691. The van der Waals surface area contributed by atoms with Gasteiger partial charge in [-0.3, -0.25) is 0 Å². The van der Waals surface area contributed by atoms with Gasteiger partial charge in [0.2, 0.25) is 0 Å². The number of aromatic carboxylic acids is 1. The van der Waals surface area contributed by atoms with Crippen molar-refractivity contribution >= 4 is 23.2 Å². The minimum atomic E-state index is -1.05. The molecule has 0 saturated heterocycles. The van der Waals surface area contributed by atoms with E-state index >= 15 is 0 Å². The zero-order valence-corrected chi connectivity index (χ0v) is 10.1. The molecule has 0 amide bonds. The Morgan fingerprint density at radius 2 is 2.12 bits per heavy atom. The van der Waals surface area contributed by atoms with Gasteiger partial charge in [-0.05, 0) is 18.6 Å². The SMILES string of the molecule is CC.Cc1ccn2cc(C(=O)O)nc2c1Cl. The van der Waals surface area contributed by atoms with Gasteiger partial charge in [0.05, 0.1) is 5.02 Å². The molecule has 0 saturated carbocycles. The smallest absolute Gasteiger partial charge is 0.356 e. The summed E-state index contributed by atoms with van der Waals surface area (Å²) in [6.45, 7) is 5.84. The maximum Gasteiger partial charge on any atom is 0.356 e. The van der Waals surface area contributed by atoms with E-state index in [9.17, 15) is 4.79 Å². The number of aryl methyl sites for hydroxylation is 1. The third-order valence-electron chi connectivity index (χ3n) is 1.98. The van der Waals surface area contributed by atoms with Crippen LogP contribution >= 0.6 is 11.6 Å². The highest BCUT2D eigenvalue weighted by Crippen LogP contribution is 2.20. The summed E-state index contributed by atoms with van der Waals surface area (Å²) in [6, 6.07) is 1.81. The lowest BCUT2D eigenvalue weighted by Gasteiger charge is -1.98. The van der Waals surface area contributed by atoms with Gasteiger partial charge in [-0.1, -0.05) is 25.4 Å². The Kier molecular flexibility index (Phi) is 3.90. The van der Waals surface area contributed by atoms with Gasteiger partial charge in [0.15, 0.2) is 11.3 Å². The molecule has 0 aliphatic rings. The maximum atomic E-state index is 10.6. The van der Waals surface area contributed by atoms with Gasteiger partial charge >= 0.3 is 5.97 Å². The molecule has 2 rings (SSSR count). The molecule has 2 heterocycles. The van der Waals surface area contributed by atoms with E-state index in [1.807, 2.05) is 26.8 Å². The van der Waals surface area contributed by atoms with Crippen LogP contribution in [0.25, 0.3) is 5.65 Å². The zero-order chi connectivity index (χ0) is 12.3. The molecule has 16 heavy (non-hydrogen) atoms. The standard InChI is InChI=1S/C9H7ClN2O2.C2H6/c1-5-2-3-12-4-6(9(13)14)11-8(12)7(5)10;1-2/h2-4H,1H3,(H,13,14);1-2H3. The highest BCUT2D eigenvalue weighted by molar-refractivity contribution is 6.34. The average Bonchev–Trinajstić information content (AvgIpc) is 2.71. The highest BCUT2D eigenvalue weighted by atomic mass is 35.5. The van der Waals surface area contributed by atoms with Crippen molar-refractivity contribution in [3.63, 3.8) is 0 Å². The number of carboxylic acid groups (broad SMARTS) is 1. The predicted octanol–water partition coefficient (Wildman–Crippen LogP) is 3.02. The van der Waals surface area contributed by atoms with E-state index < -0.39 is 5.97 Å². The maximum absolute atomic E-state index is 10.6. The quantitative estimate of drug-likeness (QED) is 0.834. The summed E-state index contributed by atoms with van der Waals surface area (Å²) in [5.74, 6) is -1.05. The number of aromatic nitrogens is 2. The topological polar surface area (TPSA) is 54.6 Å². The first-order chi connectivity index (χ1) is 7.59. The molecule has 0 aliphatic carbocycles. The number of nitrogens with zero attached hydrogens (tertiary/aromatic N) is 2. The van der Waals surface area contributed by atoms with Crippen LogP contribution in [0.2, 0.25) is 5.02 Å². The molecule has 0 unspecified atom stereocenters. The molecule has 0 radical (unpaired) electrons. The molecule has 5 heteroatoms. The van der Waals surface area contributed by atoms with Crippen molar-refractivity contribution in [3.05, 3.63) is 34.7 Å². The molecule has 0 atom stereocenters. The van der Waals surface area contributed by atoms with Gasteiger partial charge in [0, 0.05) is 12.4 Å². The second-order valence-electron chi connectivity index (χ2n) is 2.97. The lowest BCUT2D eigenvalue weighted by Crippen LogP contribution is -1.94. The normalized spacial score (nSPS) is 9.75. The molecule has 4 nitrogen and oxygen atoms in total. The molecule has 2 aromatic heterocycles. The Morgan fingerprint density at radius 1 is 1.50 bits per heavy atom. The Bertz CT molecular complexity index is 520. The Morgan fingerprint density at radius 3 is 2.69 bits per heavy atom. The summed E-state index contributed by atoms with van der Waals surface area (Å²) in [5.41, 5.74) is 1.35. The van der Waals surface area contributed by atoms with Crippen molar-refractivity contribution in [2.45, 2.75) is 20.8 Å². The fourth-order valence-electron chi connectivity index (χ4n) is 1.21. The average molecular weight is 241 g/mol. The third kappa shape index (κ3) is 2.17. The minimum absolute atomic E-state index is 0.00231. The number of carbonyl (C=O) groups is 1. The number of fused-ring (bicyclic) bond motifs is 1. The number of halogens is 1. The van der Waals surface area contributed by atoms with Crippen molar-refractivity contribution in [1.29, 1.82) is 0 Å². The summed E-state index contributed by atoms with van der Waals surface area (Å²) in [4.78, 5) is 14.6. The predicted molar refractivity (Wildman–Crippen MR) is 63.2 cm³/mol. The van der Waals surface area contributed by atoms with Crippen LogP contribution in [-0.2, 0) is 0 Å². The summed E-state index contributed by atoms with van der Waals surface area (Å²) in [5, 5.41) is 9.21. The molecular formula is C11H13ClN2O2. The monoisotopic (exact) mass is 240 g/mol. The number of hydrogen-bond acceptors (Lipinski definition) is 2.